The van der Waals surface area contributed by atoms with Crippen LogP contribution in [0, 0.1) is 5.92 Å². The third kappa shape index (κ3) is 5.09. The zero-order valence-electron chi connectivity index (χ0n) is 22.4. The van der Waals surface area contributed by atoms with Crippen LogP contribution < -0.4 is 16.0 Å². The van der Waals surface area contributed by atoms with Crippen LogP contribution >= 0.6 is 0 Å². The largest absolute Gasteiger partial charge is 0.399 e. The smallest absolute Gasteiger partial charge is 0.267 e. The van der Waals surface area contributed by atoms with E-state index in [4.69, 9.17) is 5.73 Å². The highest BCUT2D eigenvalue weighted by molar-refractivity contribution is 6.43. The maximum absolute atomic E-state index is 13.7. The van der Waals surface area contributed by atoms with Crippen LogP contribution in [-0.4, -0.2) is 66.4 Å². The van der Waals surface area contributed by atoms with Gasteiger partial charge in [-0.3, -0.25) is 9.59 Å². The molecule has 3 N–H and O–H groups in total. The van der Waals surface area contributed by atoms with Gasteiger partial charge < -0.3 is 20.9 Å². The molecule has 0 spiro atoms. The van der Waals surface area contributed by atoms with Crippen molar-refractivity contribution in [1.82, 2.24) is 15.1 Å². The summed E-state index contributed by atoms with van der Waals surface area (Å²) < 4.78 is 0. The summed E-state index contributed by atoms with van der Waals surface area (Å²) in [6.07, 6.45) is 7.48. The average molecular weight is 514 g/mol. The van der Waals surface area contributed by atoms with Gasteiger partial charge in [-0.05, 0) is 81.3 Å². The molecule has 38 heavy (non-hydrogen) atoms. The molecule has 3 aliphatic heterocycles. The number of imide groups is 1. The van der Waals surface area contributed by atoms with Crippen LogP contribution in [0.15, 0.2) is 48.5 Å². The van der Waals surface area contributed by atoms with Gasteiger partial charge in [0, 0.05) is 49.9 Å². The summed E-state index contributed by atoms with van der Waals surface area (Å²) in [7, 11) is 0. The van der Waals surface area contributed by atoms with Crippen molar-refractivity contribution in [1.29, 1.82) is 0 Å². The van der Waals surface area contributed by atoms with Crippen molar-refractivity contribution >= 4 is 34.5 Å². The molecule has 7 heteroatoms. The zero-order valence-corrected chi connectivity index (χ0v) is 22.4. The third-order valence-corrected chi connectivity index (χ3v) is 8.74. The lowest BCUT2D eigenvalue weighted by Crippen LogP contribution is -2.50. The van der Waals surface area contributed by atoms with Crippen molar-refractivity contribution in [2.75, 3.05) is 43.4 Å². The quantitative estimate of drug-likeness (QED) is 0.450. The molecule has 0 radical (unpaired) electrons. The van der Waals surface area contributed by atoms with Gasteiger partial charge in [0.25, 0.3) is 5.91 Å². The fourth-order valence-corrected chi connectivity index (χ4v) is 6.49. The van der Waals surface area contributed by atoms with Gasteiger partial charge in [0.15, 0.2) is 0 Å². The lowest BCUT2D eigenvalue weighted by molar-refractivity contribution is -0.122. The number of hydrogen-bond donors (Lipinski definition) is 2. The Labute approximate surface area is 225 Å². The normalized spacial score (nSPS) is 23.0. The molecule has 3 heterocycles. The van der Waals surface area contributed by atoms with Crippen molar-refractivity contribution in [3.63, 3.8) is 0 Å². The monoisotopic (exact) mass is 513 g/mol. The number of nitrogen functional groups attached to an aromatic ring is 1. The van der Waals surface area contributed by atoms with Crippen LogP contribution in [-0.2, 0) is 9.59 Å². The number of likely N-dealkylation sites (tertiary alicyclic amines) is 2. The van der Waals surface area contributed by atoms with Crippen LogP contribution in [0.4, 0.5) is 11.4 Å². The SMILES string of the molecule is CC(=O)N1C(=O)/C(=C(\NC2CCN(C3CCN(CC4CC4)CC3)CC2)c2ccccc2)c2ccc(N)cc21. The fraction of sp³-hybridized carbons (Fsp3) is 0.484. The predicted octanol–water partition coefficient (Wildman–Crippen LogP) is 3.96. The van der Waals surface area contributed by atoms with Gasteiger partial charge in [-0.2, -0.15) is 0 Å². The maximum Gasteiger partial charge on any atom is 0.267 e. The van der Waals surface area contributed by atoms with E-state index < -0.39 is 0 Å². The minimum absolute atomic E-state index is 0.264. The Hall–Kier alpha value is -3.16. The number of fused-ring (bicyclic) bond motifs is 1. The van der Waals surface area contributed by atoms with Gasteiger partial charge in [-0.15, -0.1) is 0 Å². The zero-order chi connectivity index (χ0) is 26.2. The van der Waals surface area contributed by atoms with E-state index in [1.165, 1.54) is 57.1 Å². The summed E-state index contributed by atoms with van der Waals surface area (Å²) >= 11 is 0. The first-order chi connectivity index (χ1) is 18.5. The fourth-order valence-electron chi connectivity index (χ4n) is 6.49. The summed E-state index contributed by atoms with van der Waals surface area (Å²) in [5.41, 5.74) is 10.2. The average Bonchev–Trinajstić information content (AvgIpc) is 3.69. The molecular weight excluding hydrogens is 474 g/mol. The molecule has 0 atom stereocenters. The number of nitrogens with two attached hydrogens (primary N) is 1. The van der Waals surface area contributed by atoms with Crippen LogP contribution in [0.3, 0.4) is 0 Å². The number of amides is 2. The van der Waals surface area contributed by atoms with Crippen molar-refractivity contribution < 1.29 is 9.59 Å². The number of nitrogens with one attached hydrogen (secondary N) is 1. The van der Waals surface area contributed by atoms with E-state index in [9.17, 15) is 9.59 Å². The molecule has 7 nitrogen and oxygen atoms in total. The van der Waals surface area contributed by atoms with Crippen molar-refractivity contribution in [2.24, 2.45) is 5.92 Å². The Morgan fingerprint density at radius 3 is 2.32 bits per heavy atom. The van der Waals surface area contributed by atoms with Gasteiger partial charge in [0.2, 0.25) is 5.91 Å². The number of carbonyl (C=O) groups is 2. The summed E-state index contributed by atoms with van der Waals surface area (Å²) in [5, 5.41) is 3.77. The molecule has 1 aliphatic carbocycles. The molecule has 2 aromatic rings. The molecule has 6 rings (SSSR count). The molecule has 200 valence electrons. The molecule has 0 bridgehead atoms. The second-order valence-electron chi connectivity index (χ2n) is 11.5. The van der Waals surface area contributed by atoms with Gasteiger partial charge in [0.05, 0.1) is 17.0 Å². The number of nitrogens with zero attached hydrogens (tertiary/aromatic N) is 3. The topological polar surface area (TPSA) is 81.9 Å². The van der Waals surface area contributed by atoms with E-state index >= 15 is 0 Å². The Morgan fingerprint density at radius 1 is 0.947 bits per heavy atom. The molecular formula is C31H39N5O2. The van der Waals surface area contributed by atoms with E-state index in [1.54, 1.807) is 12.1 Å². The third-order valence-electron chi connectivity index (χ3n) is 8.74. The second-order valence-corrected chi connectivity index (χ2v) is 11.5. The van der Waals surface area contributed by atoms with Gasteiger partial charge in [-0.25, -0.2) is 4.90 Å². The number of carbonyl (C=O) groups excluding carboxylic acids is 2. The van der Waals surface area contributed by atoms with Crippen LogP contribution in [0.25, 0.3) is 11.3 Å². The van der Waals surface area contributed by atoms with Crippen LogP contribution in [0.2, 0.25) is 0 Å². The predicted molar refractivity (Wildman–Crippen MR) is 152 cm³/mol. The Morgan fingerprint density at radius 2 is 1.66 bits per heavy atom. The minimum atomic E-state index is -0.305. The van der Waals surface area contributed by atoms with Gasteiger partial charge in [-0.1, -0.05) is 30.3 Å². The highest BCUT2D eigenvalue weighted by Gasteiger charge is 2.38. The van der Waals surface area contributed by atoms with Gasteiger partial charge in [0.1, 0.15) is 0 Å². The highest BCUT2D eigenvalue weighted by Crippen LogP contribution is 2.41. The summed E-state index contributed by atoms with van der Waals surface area (Å²) in [4.78, 5) is 32.8. The number of rotatable bonds is 6. The summed E-state index contributed by atoms with van der Waals surface area (Å²) in [6, 6.07) is 16.4. The Bertz CT molecular complexity index is 1220. The summed E-state index contributed by atoms with van der Waals surface area (Å²) in [6.45, 7) is 7.36. The molecule has 2 aromatic carbocycles. The van der Waals surface area contributed by atoms with E-state index in [0.717, 1.165) is 48.7 Å². The molecule has 2 saturated heterocycles. The molecule has 0 unspecified atom stereocenters. The van der Waals surface area contributed by atoms with Crippen molar-refractivity contribution in [3.8, 4) is 0 Å². The van der Waals surface area contributed by atoms with E-state index in [0.29, 0.717) is 23.0 Å². The van der Waals surface area contributed by atoms with Crippen molar-refractivity contribution in [3.05, 3.63) is 59.7 Å². The summed E-state index contributed by atoms with van der Waals surface area (Å²) in [5.74, 6) is 0.375. The maximum atomic E-state index is 13.7. The Kier molecular flexibility index (Phi) is 6.97. The van der Waals surface area contributed by atoms with E-state index in [-0.39, 0.29) is 17.9 Å². The first-order valence-electron chi connectivity index (χ1n) is 14.3. The molecule has 1 saturated carbocycles. The van der Waals surface area contributed by atoms with E-state index in [2.05, 4.69) is 15.1 Å². The second kappa shape index (κ2) is 10.5. The Balaban J connectivity index is 1.20. The standard InChI is InChI=1S/C31H39N5O2/c1-21(37)36-28-19-24(32)9-10-27(28)29(31(36)38)30(23-5-3-2-4-6-23)33-25-11-17-35(18-12-25)26-13-15-34(16-14-26)20-22-7-8-22/h2-6,9-10,19,22,25-26,33H,7-8,11-18,20,32H2,1H3/b30-29-. The first-order valence-corrected chi connectivity index (χ1v) is 14.3. The van der Waals surface area contributed by atoms with Gasteiger partial charge >= 0.3 is 0 Å². The molecule has 2 amide bonds. The first kappa shape index (κ1) is 25.1. The highest BCUT2D eigenvalue weighted by atomic mass is 16.2. The van der Waals surface area contributed by atoms with Crippen LogP contribution in [0.5, 0.6) is 0 Å². The lowest BCUT2D eigenvalue weighted by atomic mass is 9.95. The molecule has 4 aliphatic rings. The lowest BCUT2D eigenvalue weighted by Gasteiger charge is -2.42. The number of anilines is 2. The number of benzene rings is 2. The molecule has 0 aromatic heterocycles. The van der Waals surface area contributed by atoms with E-state index in [1.807, 2.05) is 36.4 Å². The molecule has 3 fully saturated rings. The van der Waals surface area contributed by atoms with Crippen molar-refractivity contribution in [2.45, 2.75) is 57.5 Å². The number of piperidine rings is 2. The minimum Gasteiger partial charge on any atom is -0.399 e. The number of hydrogen-bond acceptors (Lipinski definition) is 6. The van der Waals surface area contributed by atoms with Crippen LogP contribution in [0.1, 0.15) is 56.6 Å².